The molecule has 1 atom stereocenters. The van der Waals surface area contributed by atoms with Crippen molar-refractivity contribution in [1.82, 2.24) is 14.9 Å². The first-order valence-electron chi connectivity index (χ1n) is 14.7. The molecule has 0 radical (unpaired) electrons. The van der Waals surface area contributed by atoms with Crippen LogP contribution < -0.4 is 10.6 Å². The third-order valence-corrected chi connectivity index (χ3v) is 7.50. The summed E-state index contributed by atoms with van der Waals surface area (Å²) in [5.74, 6) is 0.133. The SMILES string of the molecule is CC(C)C(=N)c1cncc(C(C(=O)O)N2CC(OCCCCCc3ccc4c(n3)NCCC4)C2)c1NC(C)(C)C. The van der Waals surface area contributed by atoms with Gasteiger partial charge in [-0.05, 0) is 70.4 Å². The van der Waals surface area contributed by atoms with Gasteiger partial charge in [0, 0.05) is 66.7 Å². The summed E-state index contributed by atoms with van der Waals surface area (Å²) in [5.41, 5.74) is 4.53. The van der Waals surface area contributed by atoms with Crippen molar-refractivity contribution >= 4 is 23.2 Å². The van der Waals surface area contributed by atoms with Gasteiger partial charge in [-0.2, -0.15) is 0 Å². The van der Waals surface area contributed by atoms with Gasteiger partial charge in [0.1, 0.15) is 11.9 Å². The minimum absolute atomic E-state index is 0.00565. The van der Waals surface area contributed by atoms with E-state index in [0.717, 1.165) is 50.2 Å². The lowest BCUT2D eigenvalue weighted by molar-refractivity contribution is -0.150. The van der Waals surface area contributed by atoms with Gasteiger partial charge in [-0.25, -0.2) is 4.98 Å². The van der Waals surface area contributed by atoms with Crippen molar-refractivity contribution in [2.45, 2.75) is 90.8 Å². The fourth-order valence-corrected chi connectivity index (χ4v) is 5.33. The van der Waals surface area contributed by atoms with E-state index in [1.807, 2.05) is 39.5 Å². The number of nitrogens with one attached hydrogen (secondary N) is 3. The number of unbranched alkanes of at least 4 members (excludes halogenated alkanes) is 2. The number of hydrogen-bond donors (Lipinski definition) is 4. The first-order chi connectivity index (χ1) is 19.0. The molecule has 0 aromatic carbocycles. The summed E-state index contributed by atoms with van der Waals surface area (Å²) in [6.45, 7) is 12.8. The zero-order chi connectivity index (χ0) is 28.9. The number of aryl methyl sites for hydroxylation is 2. The summed E-state index contributed by atoms with van der Waals surface area (Å²) in [4.78, 5) is 23.6. The maximum Gasteiger partial charge on any atom is 0.325 e. The summed E-state index contributed by atoms with van der Waals surface area (Å²) in [5, 5.41) is 25.7. The maximum atomic E-state index is 12.5. The number of aliphatic carboxylic acids is 1. The minimum atomic E-state index is -0.920. The van der Waals surface area contributed by atoms with Crippen LogP contribution in [0.1, 0.15) is 88.7 Å². The summed E-state index contributed by atoms with van der Waals surface area (Å²) < 4.78 is 6.08. The number of carbonyl (C=O) groups is 1. The number of fused-ring (bicyclic) bond motifs is 1. The molecule has 0 amide bonds. The van der Waals surface area contributed by atoms with E-state index in [1.54, 1.807) is 12.4 Å². The van der Waals surface area contributed by atoms with Gasteiger partial charge in [-0.3, -0.25) is 14.7 Å². The Morgan fingerprint density at radius 2 is 2.00 bits per heavy atom. The Balaban J connectivity index is 1.28. The molecule has 0 aliphatic carbocycles. The monoisotopic (exact) mass is 550 g/mol. The van der Waals surface area contributed by atoms with E-state index < -0.39 is 12.0 Å². The van der Waals surface area contributed by atoms with Crippen LogP contribution >= 0.6 is 0 Å². The molecule has 0 bridgehead atoms. The van der Waals surface area contributed by atoms with Crippen LogP contribution in [0.2, 0.25) is 0 Å². The van der Waals surface area contributed by atoms with Gasteiger partial charge in [0.2, 0.25) is 0 Å². The van der Waals surface area contributed by atoms with Crippen LogP contribution in [0.5, 0.6) is 0 Å². The molecule has 9 heteroatoms. The molecule has 40 heavy (non-hydrogen) atoms. The highest BCUT2D eigenvalue weighted by Gasteiger charge is 2.40. The van der Waals surface area contributed by atoms with Gasteiger partial charge in [0.05, 0.1) is 11.8 Å². The second-order valence-corrected chi connectivity index (χ2v) is 12.4. The number of aromatic nitrogens is 2. The molecule has 1 fully saturated rings. The van der Waals surface area contributed by atoms with E-state index in [0.29, 0.717) is 42.2 Å². The molecule has 2 aliphatic rings. The van der Waals surface area contributed by atoms with Gasteiger partial charge in [-0.1, -0.05) is 26.3 Å². The Kier molecular flexibility index (Phi) is 9.79. The Bertz CT molecular complexity index is 1190. The normalized spacial score (nSPS) is 16.6. The second kappa shape index (κ2) is 13.1. The highest BCUT2D eigenvalue weighted by atomic mass is 16.5. The van der Waals surface area contributed by atoms with E-state index in [4.69, 9.17) is 15.1 Å². The Hall–Kier alpha value is -3.04. The van der Waals surface area contributed by atoms with Crippen LogP contribution in [0.3, 0.4) is 0 Å². The maximum absolute atomic E-state index is 12.5. The molecule has 4 rings (SSSR count). The van der Waals surface area contributed by atoms with Gasteiger partial charge < -0.3 is 25.9 Å². The van der Waals surface area contributed by atoms with Crippen LogP contribution in [0, 0.1) is 11.3 Å². The van der Waals surface area contributed by atoms with Crippen molar-refractivity contribution in [2.24, 2.45) is 5.92 Å². The minimum Gasteiger partial charge on any atom is -0.480 e. The van der Waals surface area contributed by atoms with Gasteiger partial charge >= 0.3 is 5.97 Å². The topological polar surface area (TPSA) is 123 Å². The molecule has 0 saturated carbocycles. The average Bonchev–Trinajstić information content (AvgIpc) is 2.87. The predicted octanol–water partition coefficient (Wildman–Crippen LogP) is 5.31. The summed E-state index contributed by atoms with van der Waals surface area (Å²) >= 11 is 0. The molecule has 4 heterocycles. The van der Waals surface area contributed by atoms with Crippen LogP contribution in [0.25, 0.3) is 0 Å². The highest BCUT2D eigenvalue weighted by molar-refractivity contribution is 6.05. The number of carboxylic acid groups (broad SMARTS) is 1. The first-order valence-corrected chi connectivity index (χ1v) is 14.7. The lowest BCUT2D eigenvalue weighted by Gasteiger charge is -2.43. The third kappa shape index (κ3) is 7.57. The smallest absolute Gasteiger partial charge is 0.325 e. The Morgan fingerprint density at radius 3 is 2.70 bits per heavy atom. The molecule has 1 unspecified atom stereocenters. The lowest BCUT2D eigenvalue weighted by Crippen LogP contribution is -2.55. The molecular weight excluding hydrogens is 504 g/mol. The van der Waals surface area contributed by atoms with Gasteiger partial charge in [-0.15, -0.1) is 0 Å². The molecule has 2 aromatic heterocycles. The zero-order valence-corrected chi connectivity index (χ0v) is 24.7. The summed E-state index contributed by atoms with van der Waals surface area (Å²) in [7, 11) is 0. The molecule has 2 aromatic rings. The standard InChI is InChI=1S/C31H46N6O3/c1-20(2)26(32)24-16-33-17-25(27(24)36-31(3,4)5)28(30(38)39)37-18-23(19-37)40-15-8-6-7-11-22-13-12-21-10-9-14-34-29(21)35-22/h12-13,16-17,20,23,28,32H,6-11,14-15,18-19H2,1-5H3,(H,33,36)(H,34,35)(H,38,39). The highest BCUT2D eigenvalue weighted by Crippen LogP contribution is 2.36. The molecule has 0 spiro atoms. The first kappa shape index (κ1) is 29.9. The van der Waals surface area contributed by atoms with Crippen molar-refractivity contribution < 1.29 is 14.6 Å². The molecular formula is C31H46N6O3. The number of anilines is 2. The number of ether oxygens (including phenoxy) is 1. The number of nitrogens with zero attached hydrogens (tertiary/aromatic N) is 3. The Labute approximate surface area is 238 Å². The van der Waals surface area contributed by atoms with E-state index in [9.17, 15) is 9.90 Å². The summed E-state index contributed by atoms with van der Waals surface area (Å²) in [6.07, 6.45) is 9.70. The van der Waals surface area contributed by atoms with Gasteiger partial charge in [0.25, 0.3) is 0 Å². The molecule has 4 N–H and O–H groups in total. The largest absolute Gasteiger partial charge is 0.480 e. The number of likely N-dealkylation sites (tertiary alicyclic amines) is 1. The van der Waals surface area contributed by atoms with Crippen molar-refractivity contribution in [3.05, 3.63) is 46.9 Å². The van der Waals surface area contributed by atoms with Crippen molar-refractivity contribution in [3.8, 4) is 0 Å². The van der Waals surface area contributed by atoms with Crippen molar-refractivity contribution in [3.63, 3.8) is 0 Å². The van der Waals surface area contributed by atoms with Crippen LogP contribution in [-0.4, -0.2) is 69.5 Å². The quantitative estimate of drug-likeness (QED) is 0.195. The van der Waals surface area contributed by atoms with Crippen LogP contribution in [-0.2, 0) is 22.4 Å². The van der Waals surface area contributed by atoms with E-state index >= 15 is 0 Å². The summed E-state index contributed by atoms with van der Waals surface area (Å²) in [6, 6.07) is 3.52. The van der Waals surface area contributed by atoms with Crippen molar-refractivity contribution in [1.29, 1.82) is 5.41 Å². The fourth-order valence-electron chi connectivity index (χ4n) is 5.33. The number of pyridine rings is 2. The fraction of sp³-hybridized carbons (Fsp3) is 0.613. The molecule has 1 saturated heterocycles. The molecule has 2 aliphatic heterocycles. The number of carboxylic acids is 1. The Morgan fingerprint density at radius 1 is 1.23 bits per heavy atom. The predicted molar refractivity (Wildman–Crippen MR) is 160 cm³/mol. The zero-order valence-electron chi connectivity index (χ0n) is 24.7. The van der Waals surface area contributed by atoms with Crippen LogP contribution in [0.4, 0.5) is 11.5 Å². The second-order valence-electron chi connectivity index (χ2n) is 12.4. The van der Waals surface area contributed by atoms with E-state index in [1.165, 1.54) is 12.0 Å². The molecule has 218 valence electrons. The van der Waals surface area contributed by atoms with Crippen LogP contribution in [0.15, 0.2) is 24.5 Å². The third-order valence-electron chi connectivity index (χ3n) is 7.50. The average molecular weight is 551 g/mol. The molecule has 9 nitrogen and oxygen atoms in total. The van der Waals surface area contributed by atoms with Crippen molar-refractivity contribution in [2.75, 3.05) is 36.9 Å². The number of rotatable bonds is 13. The number of hydrogen-bond acceptors (Lipinski definition) is 8. The van der Waals surface area contributed by atoms with E-state index in [-0.39, 0.29) is 17.6 Å². The van der Waals surface area contributed by atoms with Gasteiger partial charge in [0.15, 0.2) is 0 Å². The van der Waals surface area contributed by atoms with E-state index in [2.05, 4.69) is 27.8 Å². The lowest BCUT2D eigenvalue weighted by atomic mass is 9.92.